The monoisotopic (exact) mass is 246 g/mol. The summed E-state index contributed by atoms with van der Waals surface area (Å²) in [6, 6.07) is 9.39. The van der Waals surface area contributed by atoms with Crippen molar-refractivity contribution in [1.29, 1.82) is 5.26 Å². The number of rotatable bonds is 3. The van der Waals surface area contributed by atoms with E-state index in [1.54, 1.807) is 12.1 Å². The lowest BCUT2D eigenvalue weighted by molar-refractivity contribution is 0.292. The second-order valence-corrected chi connectivity index (χ2v) is 5.07. The number of benzene rings is 1. The topological polar surface area (TPSA) is 35.8 Å². The third kappa shape index (κ3) is 3.08. The summed E-state index contributed by atoms with van der Waals surface area (Å²) >= 11 is 0. The van der Waals surface area contributed by atoms with Gasteiger partial charge in [0.15, 0.2) is 0 Å². The van der Waals surface area contributed by atoms with Gasteiger partial charge in [-0.1, -0.05) is 25.0 Å². The van der Waals surface area contributed by atoms with E-state index in [0.717, 1.165) is 24.8 Å². The van der Waals surface area contributed by atoms with Crippen LogP contribution >= 0.6 is 0 Å². The highest BCUT2D eigenvalue weighted by atomic mass is 19.1. The summed E-state index contributed by atoms with van der Waals surface area (Å²) in [5.41, 5.74) is 1.07. The van der Waals surface area contributed by atoms with Gasteiger partial charge in [-0.05, 0) is 37.5 Å². The summed E-state index contributed by atoms with van der Waals surface area (Å²) in [5, 5.41) is 12.7. The standard InChI is InChI=1S/C15H19FN2/c1-11(12-6-8-14(16)9-7-12)18-15-5-3-2-4-13(15)10-17/h6-9,11,13,15,18H,2-5H2,1H3/t11-,13?,15?/m1/s1. The minimum atomic E-state index is -0.210. The highest BCUT2D eigenvalue weighted by Gasteiger charge is 2.26. The second kappa shape index (κ2) is 5.97. The molecule has 0 spiro atoms. The fourth-order valence-electron chi connectivity index (χ4n) is 2.65. The predicted octanol–water partition coefficient (Wildman–Crippen LogP) is 3.56. The van der Waals surface area contributed by atoms with Crippen molar-refractivity contribution in [3.8, 4) is 6.07 Å². The van der Waals surface area contributed by atoms with Crippen LogP contribution in [0.4, 0.5) is 4.39 Å². The maximum absolute atomic E-state index is 12.9. The average molecular weight is 246 g/mol. The molecule has 18 heavy (non-hydrogen) atoms. The fourth-order valence-corrected chi connectivity index (χ4v) is 2.65. The van der Waals surface area contributed by atoms with Crippen LogP contribution in [0.25, 0.3) is 0 Å². The van der Waals surface area contributed by atoms with E-state index < -0.39 is 0 Å². The molecule has 1 aliphatic rings. The van der Waals surface area contributed by atoms with E-state index in [4.69, 9.17) is 5.26 Å². The molecule has 1 fully saturated rings. The molecular formula is C15H19FN2. The van der Waals surface area contributed by atoms with Crippen molar-refractivity contribution in [2.75, 3.05) is 0 Å². The van der Waals surface area contributed by atoms with Gasteiger partial charge in [0.25, 0.3) is 0 Å². The van der Waals surface area contributed by atoms with E-state index >= 15 is 0 Å². The SMILES string of the molecule is C[C@@H](NC1CCCCC1C#N)c1ccc(F)cc1. The molecule has 1 aromatic carbocycles. The Balaban J connectivity index is 1.99. The highest BCUT2D eigenvalue weighted by molar-refractivity contribution is 5.19. The molecule has 2 rings (SSSR count). The average Bonchev–Trinajstić information content (AvgIpc) is 2.40. The van der Waals surface area contributed by atoms with E-state index in [0.29, 0.717) is 0 Å². The van der Waals surface area contributed by atoms with Crippen LogP contribution in [0.3, 0.4) is 0 Å². The van der Waals surface area contributed by atoms with Crippen LogP contribution in [0.5, 0.6) is 0 Å². The molecule has 0 bridgehead atoms. The van der Waals surface area contributed by atoms with Crippen LogP contribution in [0, 0.1) is 23.1 Å². The molecule has 3 heteroatoms. The van der Waals surface area contributed by atoms with Gasteiger partial charge in [-0.25, -0.2) is 4.39 Å². The van der Waals surface area contributed by atoms with Gasteiger partial charge < -0.3 is 5.32 Å². The summed E-state index contributed by atoms with van der Waals surface area (Å²) < 4.78 is 12.9. The Morgan fingerprint density at radius 1 is 1.28 bits per heavy atom. The fraction of sp³-hybridized carbons (Fsp3) is 0.533. The lowest BCUT2D eigenvalue weighted by Gasteiger charge is -2.30. The molecule has 2 unspecified atom stereocenters. The van der Waals surface area contributed by atoms with Crippen molar-refractivity contribution in [2.45, 2.75) is 44.7 Å². The van der Waals surface area contributed by atoms with Crippen molar-refractivity contribution in [3.63, 3.8) is 0 Å². The van der Waals surface area contributed by atoms with E-state index in [1.807, 2.05) is 0 Å². The predicted molar refractivity (Wildman–Crippen MR) is 69.3 cm³/mol. The maximum Gasteiger partial charge on any atom is 0.123 e. The summed E-state index contributed by atoms with van der Waals surface area (Å²) in [6.07, 6.45) is 4.39. The van der Waals surface area contributed by atoms with Crippen molar-refractivity contribution < 1.29 is 4.39 Å². The zero-order valence-corrected chi connectivity index (χ0v) is 10.7. The molecule has 0 aliphatic heterocycles. The molecule has 0 radical (unpaired) electrons. The van der Waals surface area contributed by atoms with Crippen LogP contribution in [0.1, 0.15) is 44.2 Å². The minimum absolute atomic E-state index is 0.113. The van der Waals surface area contributed by atoms with E-state index in [-0.39, 0.29) is 23.8 Å². The first-order valence-corrected chi connectivity index (χ1v) is 6.62. The Morgan fingerprint density at radius 3 is 2.61 bits per heavy atom. The van der Waals surface area contributed by atoms with Gasteiger partial charge in [-0.3, -0.25) is 0 Å². The minimum Gasteiger partial charge on any atom is -0.306 e. The molecule has 1 saturated carbocycles. The van der Waals surface area contributed by atoms with Gasteiger partial charge in [0.2, 0.25) is 0 Å². The van der Waals surface area contributed by atoms with Crippen LogP contribution in [-0.2, 0) is 0 Å². The van der Waals surface area contributed by atoms with Crippen molar-refractivity contribution >= 4 is 0 Å². The van der Waals surface area contributed by atoms with E-state index in [1.165, 1.54) is 18.6 Å². The number of hydrogen-bond acceptors (Lipinski definition) is 2. The lowest BCUT2D eigenvalue weighted by atomic mass is 9.85. The summed E-state index contributed by atoms with van der Waals surface area (Å²) in [5.74, 6) is -0.0971. The van der Waals surface area contributed by atoms with Gasteiger partial charge in [0, 0.05) is 12.1 Å². The summed E-state index contributed by atoms with van der Waals surface area (Å²) in [6.45, 7) is 2.07. The third-order valence-electron chi connectivity index (χ3n) is 3.77. The zero-order valence-electron chi connectivity index (χ0n) is 10.7. The first kappa shape index (κ1) is 13.0. The molecule has 0 heterocycles. The Bertz CT molecular complexity index is 421. The first-order valence-electron chi connectivity index (χ1n) is 6.62. The third-order valence-corrected chi connectivity index (χ3v) is 3.77. The van der Waals surface area contributed by atoms with Crippen molar-refractivity contribution in [1.82, 2.24) is 5.32 Å². The van der Waals surface area contributed by atoms with Crippen molar-refractivity contribution in [2.24, 2.45) is 5.92 Å². The Morgan fingerprint density at radius 2 is 1.94 bits per heavy atom. The van der Waals surface area contributed by atoms with Crippen molar-refractivity contribution in [3.05, 3.63) is 35.6 Å². The van der Waals surface area contributed by atoms with E-state index in [9.17, 15) is 4.39 Å². The zero-order chi connectivity index (χ0) is 13.0. The smallest absolute Gasteiger partial charge is 0.123 e. The largest absolute Gasteiger partial charge is 0.306 e. The quantitative estimate of drug-likeness (QED) is 0.885. The molecule has 3 atom stereocenters. The molecule has 0 saturated heterocycles. The number of halogens is 1. The van der Waals surface area contributed by atoms with Crippen LogP contribution in [0.2, 0.25) is 0 Å². The maximum atomic E-state index is 12.9. The lowest BCUT2D eigenvalue weighted by Crippen LogP contribution is -2.39. The molecule has 0 amide bonds. The molecular weight excluding hydrogens is 227 g/mol. The number of nitrogens with one attached hydrogen (secondary N) is 1. The highest BCUT2D eigenvalue weighted by Crippen LogP contribution is 2.26. The molecule has 0 aromatic heterocycles. The Hall–Kier alpha value is -1.40. The van der Waals surface area contributed by atoms with Gasteiger partial charge in [0.05, 0.1) is 12.0 Å². The number of nitrogens with zero attached hydrogens (tertiary/aromatic N) is 1. The number of hydrogen-bond donors (Lipinski definition) is 1. The molecule has 96 valence electrons. The molecule has 1 N–H and O–H groups in total. The second-order valence-electron chi connectivity index (χ2n) is 5.07. The molecule has 2 nitrogen and oxygen atoms in total. The summed E-state index contributed by atoms with van der Waals surface area (Å²) in [4.78, 5) is 0. The van der Waals surface area contributed by atoms with Gasteiger partial charge in [-0.2, -0.15) is 5.26 Å². The normalized spacial score (nSPS) is 25.4. The Kier molecular flexibility index (Phi) is 4.33. The number of nitriles is 1. The van der Waals surface area contributed by atoms with Crippen LogP contribution in [0.15, 0.2) is 24.3 Å². The van der Waals surface area contributed by atoms with E-state index in [2.05, 4.69) is 18.3 Å². The van der Waals surface area contributed by atoms with Gasteiger partial charge in [0.1, 0.15) is 5.82 Å². The Labute approximate surface area is 108 Å². The first-order chi connectivity index (χ1) is 8.70. The van der Waals surface area contributed by atoms with Crippen LogP contribution in [-0.4, -0.2) is 6.04 Å². The van der Waals surface area contributed by atoms with Crippen LogP contribution < -0.4 is 5.32 Å². The van der Waals surface area contributed by atoms with Gasteiger partial charge >= 0.3 is 0 Å². The molecule has 1 aromatic rings. The van der Waals surface area contributed by atoms with Gasteiger partial charge in [-0.15, -0.1) is 0 Å². The molecule has 1 aliphatic carbocycles. The summed E-state index contributed by atoms with van der Waals surface area (Å²) in [7, 11) is 0.